The Hall–Kier alpha value is -2.45. The number of esters is 1. The molecule has 2 unspecified atom stereocenters. The molecule has 0 saturated heterocycles. The molecular weight excluding hydrogens is 396 g/mol. The normalized spacial score (nSPS) is 13.0. The van der Waals surface area contributed by atoms with E-state index in [-0.39, 0.29) is 42.4 Å². The summed E-state index contributed by atoms with van der Waals surface area (Å²) in [5.74, 6) is -0.724. The number of rotatable bonds is 13. The first-order valence-electron chi connectivity index (χ1n) is 10.9. The van der Waals surface area contributed by atoms with Crippen LogP contribution in [0.5, 0.6) is 0 Å². The summed E-state index contributed by atoms with van der Waals surface area (Å²) in [6.07, 6.45) is 2.02. The average Bonchev–Trinajstić information content (AvgIpc) is 2.70. The van der Waals surface area contributed by atoms with Crippen LogP contribution in [0.3, 0.4) is 0 Å². The van der Waals surface area contributed by atoms with Crippen molar-refractivity contribution in [1.82, 2.24) is 10.6 Å². The Balaban J connectivity index is 2.82. The zero-order valence-electron chi connectivity index (χ0n) is 19.4. The highest BCUT2D eigenvalue weighted by Crippen LogP contribution is 2.13. The van der Waals surface area contributed by atoms with Crippen molar-refractivity contribution in [1.29, 1.82) is 0 Å². The maximum absolute atomic E-state index is 12.9. The van der Waals surface area contributed by atoms with Crippen LogP contribution in [-0.4, -0.2) is 42.5 Å². The second-order valence-electron chi connectivity index (χ2n) is 8.36. The molecule has 0 fully saturated rings. The van der Waals surface area contributed by atoms with E-state index in [0.29, 0.717) is 18.7 Å². The molecule has 0 saturated carbocycles. The number of unbranched alkanes of at least 4 members (excludes halogenated alkanes) is 1. The molecule has 8 nitrogen and oxygen atoms in total. The highest BCUT2D eigenvalue weighted by molar-refractivity contribution is 5.97. The van der Waals surface area contributed by atoms with Crippen LogP contribution in [0, 0.1) is 5.92 Å². The Labute approximate surface area is 185 Å². The smallest absolute Gasteiger partial charge is 0.302 e. The van der Waals surface area contributed by atoms with E-state index in [1.165, 1.54) is 6.92 Å². The molecule has 1 rings (SSSR count). The van der Waals surface area contributed by atoms with Gasteiger partial charge in [0, 0.05) is 18.7 Å². The SMILES string of the molecule is CC(=O)OCc1ccc(NC(=O)C(CCCCN)NC(=O)C(NC(C)C)C(C)C)cc1. The van der Waals surface area contributed by atoms with Gasteiger partial charge in [-0.1, -0.05) is 39.8 Å². The fraction of sp³-hybridized carbons (Fsp3) is 0.609. The van der Waals surface area contributed by atoms with Gasteiger partial charge in [0.25, 0.3) is 0 Å². The van der Waals surface area contributed by atoms with Gasteiger partial charge in [-0.25, -0.2) is 0 Å². The molecule has 0 aliphatic rings. The molecule has 5 N–H and O–H groups in total. The standard InChI is InChI=1S/C23H38N4O4/c1-15(2)21(25-16(3)4)23(30)27-20(8-6-7-13-24)22(29)26-19-11-9-18(10-12-19)14-31-17(5)28/h9-12,15-16,20-21,25H,6-8,13-14,24H2,1-5H3,(H,26,29)(H,27,30). The lowest BCUT2D eigenvalue weighted by Crippen LogP contribution is -2.54. The zero-order chi connectivity index (χ0) is 23.4. The molecule has 0 aliphatic carbocycles. The predicted octanol–water partition coefficient (Wildman–Crippen LogP) is 2.32. The number of carbonyl (C=O) groups excluding carboxylic acids is 3. The molecular formula is C23H38N4O4. The van der Waals surface area contributed by atoms with Crippen molar-refractivity contribution in [3.63, 3.8) is 0 Å². The summed E-state index contributed by atoms with van der Waals surface area (Å²) in [7, 11) is 0. The fourth-order valence-corrected chi connectivity index (χ4v) is 3.05. The van der Waals surface area contributed by atoms with Gasteiger partial charge in [-0.15, -0.1) is 0 Å². The first kappa shape index (κ1) is 26.6. The maximum Gasteiger partial charge on any atom is 0.302 e. The third-order valence-electron chi connectivity index (χ3n) is 4.71. The molecule has 2 atom stereocenters. The molecule has 0 aromatic heterocycles. The Morgan fingerprint density at radius 1 is 1.00 bits per heavy atom. The highest BCUT2D eigenvalue weighted by atomic mass is 16.5. The molecule has 8 heteroatoms. The van der Waals surface area contributed by atoms with Crippen LogP contribution in [0.15, 0.2) is 24.3 Å². The summed E-state index contributed by atoms with van der Waals surface area (Å²) in [6.45, 7) is 9.99. The van der Waals surface area contributed by atoms with Crippen LogP contribution in [0.1, 0.15) is 59.4 Å². The molecule has 1 aromatic carbocycles. The molecule has 0 aliphatic heterocycles. The number of ether oxygens (including phenoxy) is 1. The summed E-state index contributed by atoms with van der Waals surface area (Å²) in [5.41, 5.74) is 7.01. The van der Waals surface area contributed by atoms with E-state index in [0.717, 1.165) is 18.4 Å². The van der Waals surface area contributed by atoms with Gasteiger partial charge in [-0.2, -0.15) is 0 Å². The van der Waals surface area contributed by atoms with Gasteiger partial charge >= 0.3 is 5.97 Å². The van der Waals surface area contributed by atoms with E-state index < -0.39 is 6.04 Å². The topological polar surface area (TPSA) is 123 Å². The second kappa shape index (κ2) is 13.8. The van der Waals surface area contributed by atoms with E-state index >= 15 is 0 Å². The van der Waals surface area contributed by atoms with Gasteiger partial charge in [-0.05, 0) is 49.4 Å². The first-order chi connectivity index (χ1) is 14.6. The molecule has 0 spiro atoms. The number of hydrogen-bond donors (Lipinski definition) is 4. The predicted molar refractivity (Wildman–Crippen MR) is 122 cm³/mol. The van der Waals surface area contributed by atoms with Gasteiger partial charge in [0.1, 0.15) is 12.6 Å². The van der Waals surface area contributed by atoms with Crippen LogP contribution >= 0.6 is 0 Å². The van der Waals surface area contributed by atoms with Crippen molar-refractivity contribution >= 4 is 23.5 Å². The van der Waals surface area contributed by atoms with Crippen molar-refractivity contribution < 1.29 is 19.1 Å². The monoisotopic (exact) mass is 434 g/mol. The lowest BCUT2D eigenvalue weighted by molar-refractivity contribution is -0.142. The third-order valence-corrected chi connectivity index (χ3v) is 4.71. The van der Waals surface area contributed by atoms with E-state index in [4.69, 9.17) is 10.5 Å². The van der Waals surface area contributed by atoms with E-state index in [9.17, 15) is 14.4 Å². The molecule has 174 valence electrons. The average molecular weight is 435 g/mol. The summed E-state index contributed by atoms with van der Waals surface area (Å²) in [4.78, 5) is 36.7. The number of amides is 2. The van der Waals surface area contributed by atoms with Gasteiger partial charge in [0.2, 0.25) is 11.8 Å². The Morgan fingerprint density at radius 3 is 2.16 bits per heavy atom. The van der Waals surface area contributed by atoms with E-state index in [1.807, 2.05) is 27.7 Å². The quantitative estimate of drug-likeness (QED) is 0.279. The number of carbonyl (C=O) groups is 3. The van der Waals surface area contributed by atoms with Gasteiger partial charge < -0.3 is 26.4 Å². The number of hydrogen-bond acceptors (Lipinski definition) is 6. The van der Waals surface area contributed by atoms with Crippen molar-refractivity contribution in [2.24, 2.45) is 11.7 Å². The fourth-order valence-electron chi connectivity index (χ4n) is 3.05. The van der Waals surface area contributed by atoms with E-state index in [2.05, 4.69) is 16.0 Å². The highest BCUT2D eigenvalue weighted by Gasteiger charge is 2.27. The Kier molecular flexibility index (Phi) is 11.8. The van der Waals surface area contributed by atoms with Gasteiger partial charge in [0.15, 0.2) is 0 Å². The maximum atomic E-state index is 12.9. The Bertz CT molecular complexity index is 704. The minimum Gasteiger partial charge on any atom is -0.461 e. The number of nitrogens with one attached hydrogen (secondary N) is 3. The minimum atomic E-state index is -0.657. The summed E-state index contributed by atoms with van der Waals surface area (Å²) < 4.78 is 4.96. The number of nitrogens with two attached hydrogens (primary N) is 1. The van der Waals surface area contributed by atoms with Crippen molar-refractivity contribution in [3.05, 3.63) is 29.8 Å². The lowest BCUT2D eigenvalue weighted by atomic mass is 10.0. The molecule has 31 heavy (non-hydrogen) atoms. The number of anilines is 1. The third kappa shape index (κ3) is 10.4. The van der Waals surface area contributed by atoms with Crippen LogP contribution in [-0.2, 0) is 25.7 Å². The lowest BCUT2D eigenvalue weighted by Gasteiger charge is -2.27. The van der Waals surface area contributed by atoms with Crippen molar-refractivity contribution in [3.8, 4) is 0 Å². The summed E-state index contributed by atoms with van der Waals surface area (Å²) in [5, 5.41) is 9.04. The number of benzene rings is 1. The Morgan fingerprint density at radius 2 is 1.65 bits per heavy atom. The second-order valence-corrected chi connectivity index (χ2v) is 8.36. The van der Waals surface area contributed by atoms with Crippen LogP contribution in [0.25, 0.3) is 0 Å². The first-order valence-corrected chi connectivity index (χ1v) is 10.9. The molecule has 1 aromatic rings. The van der Waals surface area contributed by atoms with Crippen LogP contribution in [0.4, 0.5) is 5.69 Å². The van der Waals surface area contributed by atoms with Gasteiger partial charge in [-0.3, -0.25) is 14.4 Å². The molecule has 2 amide bonds. The molecule has 0 bridgehead atoms. The molecule has 0 heterocycles. The summed E-state index contributed by atoms with van der Waals surface area (Å²) in [6, 6.07) is 6.15. The van der Waals surface area contributed by atoms with Crippen LogP contribution < -0.4 is 21.7 Å². The van der Waals surface area contributed by atoms with E-state index in [1.54, 1.807) is 24.3 Å². The minimum absolute atomic E-state index is 0.0833. The zero-order valence-corrected chi connectivity index (χ0v) is 19.4. The summed E-state index contributed by atoms with van der Waals surface area (Å²) >= 11 is 0. The van der Waals surface area contributed by atoms with Gasteiger partial charge in [0.05, 0.1) is 6.04 Å². The van der Waals surface area contributed by atoms with Crippen LogP contribution in [0.2, 0.25) is 0 Å². The molecule has 0 radical (unpaired) electrons. The van der Waals surface area contributed by atoms with Crippen molar-refractivity contribution in [2.75, 3.05) is 11.9 Å². The van der Waals surface area contributed by atoms with Crippen molar-refractivity contribution in [2.45, 2.75) is 78.6 Å². The largest absolute Gasteiger partial charge is 0.461 e.